The summed E-state index contributed by atoms with van der Waals surface area (Å²) in [5, 5.41) is 0. The SMILES string of the molecule is CCC(CC)C(CN)N(C)CCc1ccccn1. The fraction of sp³-hybridized carbons (Fsp3) is 0.667. The Balaban J connectivity index is 2.49. The molecule has 0 spiro atoms. The molecule has 0 amide bonds. The van der Waals surface area contributed by atoms with Gasteiger partial charge in [-0.15, -0.1) is 0 Å². The van der Waals surface area contributed by atoms with E-state index in [1.807, 2.05) is 18.3 Å². The molecule has 3 heteroatoms. The van der Waals surface area contributed by atoms with Gasteiger partial charge < -0.3 is 10.6 Å². The molecule has 0 aliphatic carbocycles. The molecule has 1 unspecified atom stereocenters. The predicted molar refractivity (Wildman–Crippen MR) is 77.5 cm³/mol. The molecule has 0 aromatic carbocycles. The van der Waals surface area contributed by atoms with Crippen molar-refractivity contribution in [2.45, 2.75) is 39.2 Å². The van der Waals surface area contributed by atoms with Gasteiger partial charge in [0, 0.05) is 37.4 Å². The Bertz CT molecular complexity index is 309. The van der Waals surface area contributed by atoms with Gasteiger partial charge in [0.05, 0.1) is 0 Å². The highest BCUT2D eigenvalue weighted by Crippen LogP contribution is 2.17. The first kappa shape index (κ1) is 15.1. The minimum absolute atomic E-state index is 0.490. The standard InChI is InChI=1S/C15H27N3/c1-4-13(5-2)15(12-16)18(3)11-9-14-8-6-7-10-17-14/h6-8,10,13,15H,4-5,9,11-12,16H2,1-3H3. The molecular weight excluding hydrogens is 222 g/mol. The van der Waals surface area contributed by atoms with Crippen LogP contribution in [0, 0.1) is 5.92 Å². The Kier molecular flexibility index (Phi) is 6.91. The van der Waals surface area contributed by atoms with Crippen LogP contribution in [0.5, 0.6) is 0 Å². The molecular formula is C15H27N3. The molecule has 3 nitrogen and oxygen atoms in total. The zero-order valence-electron chi connectivity index (χ0n) is 12.0. The van der Waals surface area contributed by atoms with E-state index < -0.39 is 0 Å². The summed E-state index contributed by atoms with van der Waals surface area (Å²) < 4.78 is 0. The summed E-state index contributed by atoms with van der Waals surface area (Å²) in [4.78, 5) is 6.76. The molecule has 1 heterocycles. The molecule has 1 rings (SSSR count). The average Bonchev–Trinajstić information content (AvgIpc) is 2.43. The van der Waals surface area contributed by atoms with E-state index in [0.717, 1.165) is 25.2 Å². The lowest BCUT2D eigenvalue weighted by molar-refractivity contribution is 0.173. The Labute approximate surface area is 111 Å². The first-order valence-electron chi connectivity index (χ1n) is 7.03. The number of nitrogens with zero attached hydrogens (tertiary/aromatic N) is 2. The number of nitrogens with two attached hydrogens (primary N) is 1. The summed E-state index contributed by atoms with van der Waals surface area (Å²) in [5.74, 6) is 0.698. The van der Waals surface area contributed by atoms with Crippen LogP contribution in [0.15, 0.2) is 24.4 Å². The van der Waals surface area contributed by atoms with Crippen molar-refractivity contribution >= 4 is 0 Å². The van der Waals surface area contributed by atoms with Gasteiger partial charge in [0.2, 0.25) is 0 Å². The van der Waals surface area contributed by atoms with E-state index in [1.54, 1.807) is 0 Å². The first-order chi connectivity index (χ1) is 8.72. The normalized spacial score (nSPS) is 13.2. The fourth-order valence-corrected chi connectivity index (χ4v) is 2.57. The maximum absolute atomic E-state index is 5.94. The molecule has 0 aliphatic heterocycles. The van der Waals surface area contributed by atoms with Gasteiger partial charge in [-0.05, 0) is 25.1 Å². The van der Waals surface area contributed by atoms with Gasteiger partial charge in [-0.2, -0.15) is 0 Å². The molecule has 102 valence electrons. The highest BCUT2D eigenvalue weighted by Gasteiger charge is 2.20. The van der Waals surface area contributed by atoms with Crippen molar-refractivity contribution in [2.24, 2.45) is 11.7 Å². The smallest absolute Gasteiger partial charge is 0.0416 e. The average molecular weight is 249 g/mol. The highest BCUT2D eigenvalue weighted by atomic mass is 15.1. The number of pyridine rings is 1. The van der Waals surface area contributed by atoms with Crippen molar-refractivity contribution in [1.29, 1.82) is 0 Å². The van der Waals surface area contributed by atoms with Crippen LogP contribution in [-0.2, 0) is 6.42 Å². The van der Waals surface area contributed by atoms with Crippen LogP contribution >= 0.6 is 0 Å². The van der Waals surface area contributed by atoms with E-state index >= 15 is 0 Å². The van der Waals surface area contributed by atoms with Crippen molar-refractivity contribution in [3.8, 4) is 0 Å². The topological polar surface area (TPSA) is 42.1 Å². The van der Waals surface area contributed by atoms with E-state index in [9.17, 15) is 0 Å². The van der Waals surface area contributed by atoms with E-state index in [2.05, 4.69) is 36.8 Å². The third-order valence-corrected chi connectivity index (χ3v) is 3.85. The lowest BCUT2D eigenvalue weighted by Gasteiger charge is -2.33. The second-order valence-electron chi connectivity index (χ2n) is 4.93. The molecule has 0 saturated heterocycles. The largest absolute Gasteiger partial charge is 0.329 e. The van der Waals surface area contributed by atoms with Crippen LogP contribution in [0.25, 0.3) is 0 Å². The molecule has 0 aliphatic rings. The number of rotatable bonds is 8. The highest BCUT2D eigenvalue weighted by molar-refractivity contribution is 5.03. The monoisotopic (exact) mass is 249 g/mol. The summed E-state index contributed by atoms with van der Waals surface area (Å²) in [7, 11) is 2.18. The summed E-state index contributed by atoms with van der Waals surface area (Å²) in [6.45, 7) is 6.27. The van der Waals surface area contributed by atoms with Crippen LogP contribution < -0.4 is 5.73 Å². The summed E-state index contributed by atoms with van der Waals surface area (Å²) >= 11 is 0. The number of aromatic nitrogens is 1. The quantitative estimate of drug-likeness (QED) is 0.769. The lowest BCUT2D eigenvalue weighted by atomic mass is 9.93. The Hall–Kier alpha value is -0.930. The second-order valence-corrected chi connectivity index (χ2v) is 4.93. The Morgan fingerprint density at radius 2 is 2.00 bits per heavy atom. The summed E-state index contributed by atoms with van der Waals surface area (Å²) in [6.07, 6.45) is 5.25. The number of likely N-dealkylation sites (N-methyl/N-ethyl adjacent to an activating group) is 1. The van der Waals surface area contributed by atoms with Crippen molar-refractivity contribution < 1.29 is 0 Å². The van der Waals surface area contributed by atoms with Gasteiger partial charge in [-0.1, -0.05) is 32.8 Å². The molecule has 0 saturated carbocycles. The van der Waals surface area contributed by atoms with Crippen molar-refractivity contribution in [1.82, 2.24) is 9.88 Å². The van der Waals surface area contributed by atoms with E-state index in [4.69, 9.17) is 5.73 Å². The van der Waals surface area contributed by atoms with Gasteiger partial charge >= 0.3 is 0 Å². The third-order valence-electron chi connectivity index (χ3n) is 3.85. The van der Waals surface area contributed by atoms with Crippen LogP contribution in [-0.4, -0.2) is 36.1 Å². The summed E-state index contributed by atoms with van der Waals surface area (Å²) in [5.41, 5.74) is 7.09. The van der Waals surface area contributed by atoms with E-state index in [1.165, 1.54) is 12.8 Å². The fourth-order valence-electron chi connectivity index (χ4n) is 2.57. The second kappa shape index (κ2) is 8.22. The molecule has 0 fully saturated rings. The van der Waals surface area contributed by atoms with Crippen LogP contribution in [0.3, 0.4) is 0 Å². The number of hydrogen-bond donors (Lipinski definition) is 1. The van der Waals surface area contributed by atoms with Crippen LogP contribution in [0.1, 0.15) is 32.4 Å². The van der Waals surface area contributed by atoms with E-state index in [0.29, 0.717) is 12.0 Å². The van der Waals surface area contributed by atoms with Crippen molar-refractivity contribution in [3.05, 3.63) is 30.1 Å². The first-order valence-corrected chi connectivity index (χ1v) is 7.03. The van der Waals surface area contributed by atoms with Crippen LogP contribution in [0.4, 0.5) is 0 Å². The minimum Gasteiger partial charge on any atom is -0.329 e. The predicted octanol–water partition coefficient (Wildman–Crippen LogP) is 2.32. The maximum Gasteiger partial charge on any atom is 0.0416 e. The Morgan fingerprint density at radius 3 is 2.50 bits per heavy atom. The van der Waals surface area contributed by atoms with Gasteiger partial charge in [0.15, 0.2) is 0 Å². The molecule has 0 bridgehead atoms. The van der Waals surface area contributed by atoms with E-state index in [-0.39, 0.29) is 0 Å². The van der Waals surface area contributed by atoms with Gasteiger partial charge in [-0.25, -0.2) is 0 Å². The van der Waals surface area contributed by atoms with Crippen molar-refractivity contribution in [3.63, 3.8) is 0 Å². The van der Waals surface area contributed by atoms with Gasteiger partial charge in [0.1, 0.15) is 0 Å². The maximum atomic E-state index is 5.94. The van der Waals surface area contributed by atoms with Gasteiger partial charge in [0.25, 0.3) is 0 Å². The summed E-state index contributed by atoms with van der Waals surface area (Å²) in [6, 6.07) is 6.58. The lowest BCUT2D eigenvalue weighted by Crippen LogP contribution is -2.44. The zero-order valence-corrected chi connectivity index (χ0v) is 12.0. The molecule has 18 heavy (non-hydrogen) atoms. The molecule has 2 N–H and O–H groups in total. The van der Waals surface area contributed by atoms with Crippen LogP contribution in [0.2, 0.25) is 0 Å². The Morgan fingerprint density at radius 1 is 1.28 bits per heavy atom. The number of hydrogen-bond acceptors (Lipinski definition) is 3. The molecule has 1 atom stereocenters. The van der Waals surface area contributed by atoms with Gasteiger partial charge in [-0.3, -0.25) is 4.98 Å². The zero-order chi connectivity index (χ0) is 13.4. The van der Waals surface area contributed by atoms with Crippen molar-refractivity contribution in [2.75, 3.05) is 20.1 Å². The molecule has 0 radical (unpaired) electrons. The third kappa shape index (κ3) is 4.39. The minimum atomic E-state index is 0.490. The molecule has 1 aromatic rings. The molecule has 1 aromatic heterocycles.